The second-order valence-corrected chi connectivity index (χ2v) is 8.07. The van der Waals surface area contributed by atoms with Gasteiger partial charge >= 0.3 is 0 Å². The third kappa shape index (κ3) is 3.24. The highest BCUT2D eigenvalue weighted by Gasteiger charge is 2.46. The van der Waals surface area contributed by atoms with E-state index in [2.05, 4.69) is 15.1 Å². The topological polar surface area (TPSA) is 75.4 Å². The van der Waals surface area contributed by atoms with Crippen molar-refractivity contribution in [1.82, 2.24) is 20.0 Å². The zero-order valence-electron chi connectivity index (χ0n) is 17.2. The number of aryl methyl sites for hydroxylation is 2. The summed E-state index contributed by atoms with van der Waals surface area (Å²) < 4.78 is 33.6. The van der Waals surface area contributed by atoms with Crippen molar-refractivity contribution < 1.29 is 18.1 Å². The van der Waals surface area contributed by atoms with Crippen LogP contribution >= 0.6 is 0 Å². The molecule has 4 heterocycles. The van der Waals surface area contributed by atoms with E-state index in [9.17, 15) is 13.6 Å². The van der Waals surface area contributed by atoms with Crippen LogP contribution in [0.3, 0.4) is 0 Å². The van der Waals surface area contributed by atoms with Crippen LogP contribution in [0, 0.1) is 31.4 Å². The summed E-state index contributed by atoms with van der Waals surface area (Å²) in [4.78, 5) is 25.7. The molecule has 2 aliphatic heterocycles. The van der Waals surface area contributed by atoms with Gasteiger partial charge in [-0.2, -0.15) is 0 Å². The lowest BCUT2D eigenvalue weighted by atomic mass is 9.81. The molecule has 0 radical (unpaired) electrons. The van der Waals surface area contributed by atoms with Crippen LogP contribution in [0.1, 0.15) is 28.2 Å². The molecule has 3 aromatic rings. The second kappa shape index (κ2) is 7.40. The number of anilines is 1. The molecule has 2 aromatic heterocycles. The summed E-state index contributed by atoms with van der Waals surface area (Å²) in [7, 11) is 0. The van der Waals surface area contributed by atoms with Gasteiger partial charge in [0.05, 0.1) is 34.8 Å². The number of piperidine rings is 1. The first-order chi connectivity index (χ1) is 14.9. The monoisotopic (exact) mass is 425 g/mol. The van der Waals surface area contributed by atoms with Crippen LogP contribution < -0.4 is 4.90 Å². The van der Waals surface area contributed by atoms with Crippen molar-refractivity contribution in [3.05, 3.63) is 59.0 Å². The van der Waals surface area contributed by atoms with Crippen LogP contribution in [-0.2, 0) is 0 Å². The number of benzene rings is 1. The first-order valence-corrected chi connectivity index (χ1v) is 10.2. The summed E-state index contributed by atoms with van der Waals surface area (Å²) in [6.45, 7) is 5.15. The van der Waals surface area contributed by atoms with Gasteiger partial charge in [0.15, 0.2) is 11.6 Å². The molecule has 2 unspecified atom stereocenters. The molecule has 1 aromatic carbocycles. The number of fused-ring (bicyclic) bond motifs is 1. The molecule has 2 saturated heterocycles. The van der Waals surface area contributed by atoms with E-state index in [0.717, 1.165) is 13.0 Å². The predicted octanol–water partition coefficient (Wildman–Crippen LogP) is 3.38. The Morgan fingerprint density at radius 2 is 1.90 bits per heavy atom. The van der Waals surface area contributed by atoms with E-state index in [1.165, 1.54) is 24.4 Å². The summed E-state index contributed by atoms with van der Waals surface area (Å²) in [5, 5.41) is 3.63. The molecule has 0 saturated carbocycles. The van der Waals surface area contributed by atoms with Crippen LogP contribution in [0.25, 0.3) is 11.3 Å². The van der Waals surface area contributed by atoms with E-state index < -0.39 is 11.6 Å². The number of likely N-dealkylation sites (tertiary alicyclic amines) is 1. The average molecular weight is 425 g/mol. The maximum atomic E-state index is 14.6. The zero-order chi connectivity index (χ0) is 21.7. The van der Waals surface area contributed by atoms with Gasteiger partial charge < -0.3 is 14.3 Å². The van der Waals surface area contributed by atoms with Crippen molar-refractivity contribution in [2.24, 2.45) is 5.92 Å². The molecule has 2 fully saturated rings. The Balaban J connectivity index is 1.40. The lowest BCUT2D eigenvalue weighted by molar-refractivity contribution is 0.00769. The van der Waals surface area contributed by atoms with E-state index in [4.69, 9.17) is 4.52 Å². The largest absolute Gasteiger partial charge is 0.356 e. The quantitative estimate of drug-likeness (QED) is 0.641. The number of hydrogen-bond donors (Lipinski definition) is 0. The van der Waals surface area contributed by atoms with Gasteiger partial charge in [0.2, 0.25) is 5.95 Å². The van der Waals surface area contributed by atoms with Crippen LogP contribution in [0.5, 0.6) is 0 Å². The third-order valence-electron chi connectivity index (χ3n) is 6.20. The SMILES string of the molecule is Cc1nc(N2CCC3CN(C(=O)c4cccc(F)c4-c4ccno4)C3C2)nc(C)c1F. The van der Waals surface area contributed by atoms with E-state index in [-0.39, 0.29) is 28.8 Å². The second-order valence-electron chi connectivity index (χ2n) is 8.07. The molecule has 1 amide bonds. The van der Waals surface area contributed by atoms with Gasteiger partial charge in [-0.25, -0.2) is 18.7 Å². The molecule has 160 valence electrons. The van der Waals surface area contributed by atoms with Gasteiger partial charge in [0.25, 0.3) is 5.91 Å². The van der Waals surface area contributed by atoms with Crippen molar-refractivity contribution in [1.29, 1.82) is 0 Å². The Morgan fingerprint density at radius 3 is 2.61 bits per heavy atom. The molecule has 9 heteroatoms. The van der Waals surface area contributed by atoms with Crippen molar-refractivity contribution >= 4 is 11.9 Å². The standard InChI is InChI=1S/C22H21F2N5O2/c1-12-20(24)13(2)27-22(26-12)28-9-7-14-10-29(17(14)11-28)21(30)15-4-3-5-16(23)19(15)18-6-8-25-31-18/h3-6,8,14,17H,7,9-11H2,1-2H3. The predicted molar refractivity (Wildman–Crippen MR) is 109 cm³/mol. The third-order valence-corrected chi connectivity index (χ3v) is 6.20. The minimum atomic E-state index is -0.532. The molecule has 0 spiro atoms. The number of aromatic nitrogens is 3. The van der Waals surface area contributed by atoms with Crippen molar-refractivity contribution in [2.75, 3.05) is 24.5 Å². The number of carbonyl (C=O) groups is 1. The van der Waals surface area contributed by atoms with Gasteiger partial charge in [-0.15, -0.1) is 0 Å². The van der Waals surface area contributed by atoms with Crippen molar-refractivity contribution in [3.8, 4) is 11.3 Å². The molecular weight excluding hydrogens is 404 g/mol. The Bertz CT molecular complexity index is 1130. The highest BCUT2D eigenvalue weighted by molar-refractivity contribution is 6.01. The minimum Gasteiger partial charge on any atom is -0.356 e. The lowest BCUT2D eigenvalue weighted by Gasteiger charge is -2.53. The van der Waals surface area contributed by atoms with E-state index in [1.54, 1.807) is 24.8 Å². The van der Waals surface area contributed by atoms with Crippen LogP contribution in [-0.4, -0.2) is 51.6 Å². The minimum absolute atomic E-state index is 0.0404. The molecule has 2 atom stereocenters. The fourth-order valence-electron chi connectivity index (χ4n) is 4.49. The fraction of sp³-hybridized carbons (Fsp3) is 0.364. The summed E-state index contributed by atoms with van der Waals surface area (Å²) in [6.07, 6.45) is 2.30. The maximum Gasteiger partial charge on any atom is 0.255 e. The fourth-order valence-corrected chi connectivity index (χ4v) is 4.49. The molecule has 2 aliphatic rings. The van der Waals surface area contributed by atoms with Crippen molar-refractivity contribution in [3.63, 3.8) is 0 Å². The van der Waals surface area contributed by atoms with Gasteiger partial charge in [0.1, 0.15) is 5.82 Å². The Morgan fingerprint density at radius 1 is 1.13 bits per heavy atom. The summed E-state index contributed by atoms with van der Waals surface area (Å²) in [5.41, 5.74) is 0.983. The molecule has 5 rings (SSSR count). The van der Waals surface area contributed by atoms with E-state index >= 15 is 0 Å². The van der Waals surface area contributed by atoms with Crippen LogP contribution in [0.15, 0.2) is 35.0 Å². The highest BCUT2D eigenvalue weighted by Crippen LogP contribution is 2.37. The summed E-state index contributed by atoms with van der Waals surface area (Å²) in [5.74, 6) is -0.121. The number of rotatable bonds is 3. The van der Waals surface area contributed by atoms with E-state index in [0.29, 0.717) is 36.3 Å². The first kappa shape index (κ1) is 19.6. The Labute approximate surface area is 177 Å². The maximum absolute atomic E-state index is 14.6. The smallest absolute Gasteiger partial charge is 0.255 e. The molecule has 31 heavy (non-hydrogen) atoms. The number of hydrogen-bond acceptors (Lipinski definition) is 6. The van der Waals surface area contributed by atoms with Gasteiger partial charge in [-0.3, -0.25) is 4.79 Å². The number of halogens is 2. The van der Waals surface area contributed by atoms with Gasteiger partial charge in [0, 0.05) is 31.6 Å². The molecule has 0 N–H and O–H groups in total. The molecular formula is C22H21F2N5O2. The van der Waals surface area contributed by atoms with Crippen LogP contribution in [0.4, 0.5) is 14.7 Å². The zero-order valence-corrected chi connectivity index (χ0v) is 17.2. The van der Waals surface area contributed by atoms with Gasteiger partial charge in [-0.05, 0) is 32.4 Å². The Hall–Kier alpha value is -3.36. The number of amides is 1. The Kier molecular flexibility index (Phi) is 4.68. The highest BCUT2D eigenvalue weighted by atomic mass is 19.1. The summed E-state index contributed by atoms with van der Waals surface area (Å²) in [6, 6.07) is 5.92. The summed E-state index contributed by atoms with van der Waals surface area (Å²) >= 11 is 0. The van der Waals surface area contributed by atoms with Crippen molar-refractivity contribution in [2.45, 2.75) is 26.3 Å². The van der Waals surface area contributed by atoms with Gasteiger partial charge in [-0.1, -0.05) is 11.2 Å². The molecule has 0 aliphatic carbocycles. The number of nitrogens with zero attached hydrogens (tertiary/aromatic N) is 5. The normalized spacial score (nSPS) is 20.4. The lowest BCUT2D eigenvalue weighted by Crippen LogP contribution is -2.66. The molecule has 7 nitrogen and oxygen atoms in total. The average Bonchev–Trinajstić information content (AvgIpc) is 3.26. The van der Waals surface area contributed by atoms with E-state index in [1.807, 2.05) is 4.90 Å². The molecule has 0 bridgehead atoms. The number of carbonyl (C=O) groups excluding carboxylic acids is 1. The first-order valence-electron chi connectivity index (χ1n) is 10.2. The van der Waals surface area contributed by atoms with Crippen LogP contribution in [0.2, 0.25) is 0 Å².